The van der Waals surface area contributed by atoms with Crippen molar-refractivity contribution in [2.24, 2.45) is 5.92 Å². The minimum Gasteiger partial charge on any atom is -0.508 e. The molecule has 1 aliphatic carbocycles. The number of carbonyl (C=O) groups excluding carboxylic acids is 1. The van der Waals surface area contributed by atoms with Gasteiger partial charge in [0.1, 0.15) is 5.75 Å². The van der Waals surface area contributed by atoms with Crippen LogP contribution in [0.5, 0.6) is 5.75 Å². The highest BCUT2D eigenvalue weighted by Crippen LogP contribution is 2.27. The van der Waals surface area contributed by atoms with Crippen LogP contribution in [0.4, 0.5) is 0 Å². The predicted molar refractivity (Wildman–Crippen MR) is 71.9 cm³/mol. The Morgan fingerprint density at radius 3 is 2.50 bits per heavy atom. The second-order valence-electron chi connectivity index (χ2n) is 5.09. The minimum atomic E-state index is 0.135. The topological polar surface area (TPSA) is 40.5 Å². The number of carbonyl (C=O) groups is 1. The van der Waals surface area contributed by atoms with Crippen LogP contribution >= 0.6 is 0 Å². The van der Waals surface area contributed by atoms with Gasteiger partial charge in [-0.05, 0) is 49.6 Å². The molecule has 0 unspecified atom stereocenters. The predicted octanol–water partition coefficient (Wildman–Crippen LogP) is 2.70. The van der Waals surface area contributed by atoms with E-state index in [-0.39, 0.29) is 11.5 Å². The average molecular weight is 247 g/mol. The van der Waals surface area contributed by atoms with Gasteiger partial charge in [0.25, 0.3) is 0 Å². The normalized spacial score (nSPS) is 15.7. The Bertz CT molecular complexity index is 395. The smallest absolute Gasteiger partial charge is 0.176 e. The minimum absolute atomic E-state index is 0.135. The Morgan fingerprint density at radius 2 is 2.00 bits per heavy atom. The molecule has 0 heterocycles. The van der Waals surface area contributed by atoms with Crippen LogP contribution in [-0.4, -0.2) is 35.4 Å². The fourth-order valence-corrected chi connectivity index (χ4v) is 2.29. The van der Waals surface area contributed by atoms with Crippen molar-refractivity contribution in [1.29, 1.82) is 0 Å². The third kappa shape index (κ3) is 3.33. The molecule has 0 amide bonds. The molecule has 0 aliphatic heterocycles. The summed E-state index contributed by atoms with van der Waals surface area (Å²) < 4.78 is 0. The first-order chi connectivity index (χ1) is 8.69. The molecular formula is C15H21NO2. The highest BCUT2D eigenvalue weighted by Gasteiger charge is 2.21. The molecule has 2 rings (SSSR count). The number of likely N-dealkylation sites (N-methyl/N-ethyl adjacent to an activating group) is 1. The van der Waals surface area contributed by atoms with Crippen molar-refractivity contribution in [3.63, 3.8) is 0 Å². The van der Waals surface area contributed by atoms with Crippen molar-refractivity contribution in [2.45, 2.75) is 26.2 Å². The lowest BCUT2D eigenvalue weighted by Gasteiger charge is -2.31. The lowest BCUT2D eigenvalue weighted by molar-refractivity contribution is 0.0905. The summed E-state index contributed by atoms with van der Waals surface area (Å²) in [7, 11) is 0. The summed E-state index contributed by atoms with van der Waals surface area (Å²) in [5.41, 5.74) is 0.680. The highest BCUT2D eigenvalue weighted by atomic mass is 16.3. The molecule has 1 fully saturated rings. The molecule has 0 atom stereocenters. The number of nitrogens with zero attached hydrogens (tertiary/aromatic N) is 1. The molecule has 98 valence electrons. The largest absolute Gasteiger partial charge is 0.508 e. The van der Waals surface area contributed by atoms with Crippen LogP contribution in [0.2, 0.25) is 0 Å². The first-order valence-electron chi connectivity index (χ1n) is 6.73. The third-order valence-electron chi connectivity index (χ3n) is 3.74. The van der Waals surface area contributed by atoms with Crippen molar-refractivity contribution in [3.8, 4) is 5.75 Å². The second-order valence-corrected chi connectivity index (χ2v) is 5.09. The van der Waals surface area contributed by atoms with Gasteiger partial charge in [0.05, 0.1) is 6.54 Å². The first-order valence-corrected chi connectivity index (χ1v) is 6.73. The zero-order valence-electron chi connectivity index (χ0n) is 10.9. The highest BCUT2D eigenvalue weighted by molar-refractivity contribution is 5.97. The third-order valence-corrected chi connectivity index (χ3v) is 3.74. The number of hydrogen-bond acceptors (Lipinski definition) is 3. The van der Waals surface area contributed by atoms with Gasteiger partial charge in [0.2, 0.25) is 0 Å². The number of phenolic OH excluding ortho intramolecular Hbond substituents is 1. The monoisotopic (exact) mass is 247 g/mol. The number of benzene rings is 1. The van der Waals surface area contributed by atoms with Gasteiger partial charge in [0.15, 0.2) is 5.78 Å². The molecular weight excluding hydrogens is 226 g/mol. The van der Waals surface area contributed by atoms with Gasteiger partial charge < -0.3 is 5.11 Å². The molecule has 18 heavy (non-hydrogen) atoms. The van der Waals surface area contributed by atoms with Crippen molar-refractivity contribution >= 4 is 5.78 Å². The number of hydrogen-bond donors (Lipinski definition) is 1. The van der Waals surface area contributed by atoms with Crippen molar-refractivity contribution < 1.29 is 9.90 Å². The molecule has 1 aliphatic rings. The molecule has 1 aromatic carbocycles. The van der Waals surface area contributed by atoms with Gasteiger partial charge in [-0.25, -0.2) is 0 Å². The summed E-state index contributed by atoms with van der Waals surface area (Å²) in [6.45, 7) is 4.54. The fraction of sp³-hybridized carbons (Fsp3) is 0.533. The number of rotatable bonds is 6. The maximum absolute atomic E-state index is 12.1. The van der Waals surface area contributed by atoms with Crippen molar-refractivity contribution in [3.05, 3.63) is 29.8 Å². The van der Waals surface area contributed by atoms with Crippen LogP contribution in [0.3, 0.4) is 0 Å². The summed E-state index contributed by atoms with van der Waals surface area (Å²) in [6.07, 6.45) is 3.96. The molecule has 0 saturated heterocycles. The van der Waals surface area contributed by atoms with Crippen LogP contribution in [-0.2, 0) is 0 Å². The lowest BCUT2D eigenvalue weighted by atomic mass is 9.85. The van der Waals surface area contributed by atoms with E-state index >= 15 is 0 Å². The van der Waals surface area contributed by atoms with Gasteiger partial charge in [-0.1, -0.05) is 13.3 Å². The molecule has 1 saturated carbocycles. The van der Waals surface area contributed by atoms with Crippen molar-refractivity contribution in [2.75, 3.05) is 19.6 Å². The Morgan fingerprint density at radius 1 is 1.33 bits per heavy atom. The Kier molecular flexibility index (Phi) is 4.37. The Labute approximate surface area is 108 Å². The van der Waals surface area contributed by atoms with E-state index in [0.29, 0.717) is 12.1 Å². The molecule has 3 nitrogen and oxygen atoms in total. The van der Waals surface area contributed by atoms with Crippen LogP contribution in [0, 0.1) is 5.92 Å². The summed E-state index contributed by atoms with van der Waals surface area (Å²) in [5, 5.41) is 9.20. The van der Waals surface area contributed by atoms with Gasteiger partial charge in [-0.3, -0.25) is 9.69 Å². The van der Waals surface area contributed by atoms with Crippen molar-refractivity contribution in [1.82, 2.24) is 4.90 Å². The van der Waals surface area contributed by atoms with E-state index in [1.54, 1.807) is 24.3 Å². The maximum atomic E-state index is 12.1. The molecule has 1 N–H and O–H groups in total. The summed E-state index contributed by atoms with van der Waals surface area (Å²) >= 11 is 0. The summed E-state index contributed by atoms with van der Waals surface area (Å²) in [4.78, 5) is 14.3. The Balaban J connectivity index is 1.89. The van der Waals surface area contributed by atoms with Gasteiger partial charge >= 0.3 is 0 Å². The van der Waals surface area contributed by atoms with Crippen LogP contribution in [0.1, 0.15) is 36.5 Å². The van der Waals surface area contributed by atoms with E-state index in [0.717, 1.165) is 19.0 Å². The van der Waals surface area contributed by atoms with Gasteiger partial charge in [0, 0.05) is 12.1 Å². The van der Waals surface area contributed by atoms with Crippen LogP contribution < -0.4 is 0 Å². The standard InChI is InChI=1S/C15H21NO2/c1-2-16(10-12-4-3-5-12)11-15(18)13-6-8-14(17)9-7-13/h6-9,12,17H,2-5,10-11H2,1H3. The maximum Gasteiger partial charge on any atom is 0.176 e. The van der Waals surface area contributed by atoms with E-state index in [4.69, 9.17) is 0 Å². The number of aromatic hydroxyl groups is 1. The van der Waals surface area contributed by atoms with Gasteiger partial charge in [-0.2, -0.15) is 0 Å². The van der Waals surface area contributed by atoms with E-state index in [1.807, 2.05) is 0 Å². The molecule has 1 aromatic rings. The van der Waals surface area contributed by atoms with Crippen LogP contribution in [0.15, 0.2) is 24.3 Å². The number of ketones is 1. The zero-order valence-corrected chi connectivity index (χ0v) is 10.9. The van der Waals surface area contributed by atoms with E-state index in [9.17, 15) is 9.90 Å². The fourth-order valence-electron chi connectivity index (χ4n) is 2.29. The molecule has 0 spiro atoms. The van der Waals surface area contributed by atoms with Gasteiger partial charge in [-0.15, -0.1) is 0 Å². The average Bonchev–Trinajstić information content (AvgIpc) is 2.32. The summed E-state index contributed by atoms with van der Waals surface area (Å²) in [5.74, 6) is 1.13. The summed E-state index contributed by atoms with van der Waals surface area (Å²) in [6, 6.07) is 6.51. The molecule has 0 bridgehead atoms. The first kappa shape index (κ1) is 13.1. The Hall–Kier alpha value is -1.35. The SMILES string of the molecule is CCN(CC(=O)c1ccc(O)cc1)CC1CCC1. The molecule has 0 radical (unpaired) electrons. The number of phenols is 1. The lowest BCUT2D eigenvalue weighted by Crippen LogP contribution is -2.36. The van der Waals surface area contributed by atoms with Crippen LogP contribution in [0.25, 0.3) is 0 Å². The van der Waals surface area contributed by atoms with E-state index in [2.05, 4.69) is 11.8 Å². The van der Waals surface area contributed by atoms with E-state index < -0.39 is 0 Å². The quantitative estimate of drug-likeness (QED) is 0.786. The second kappa shape index (κ2) is 6.01. The molecule has 3 heteroatoms. The number of Topliss-reactive ketones (excluding diaryl/α,β-unsaturated/α-hetero) is 1. The van der Waals surface area contributed by atoms with E-state index in [1.165, 1.54) is 19.3 Å². The zero-order chi connectivity index (χ0) is 13.0. The molecule has 0 aromatic heterocycles.